The highest BCUT2D eigenvalue weighted by molar-refractivity contribution is 6.52. The van der Waals surface area contributed by atoms with Crippen LogP contribution < -0.4 is 26.5 Å². The monoisotopic (exact) mass is 706 g/mol. The van der Waals surface area contributed by atoms with Crippen LogP contribution in [0.1, 0.15) is 33.3 Å². The molecule has 52 heavy (non-hydrogen) atoms. The Kier molecular flexibility index (Phi) is 8.32. The Hall–Kier alpha value is -6.44. The molecule has 2 aliphatic heterocycles. The molecular weight excluding hydrogens is 672 g/mol. The third-order valence-corrected chi connectivity index (χ3v) is 9.03. The summed E-state index contributed by atoms with van der Waals surface area (Å²) >= 11 is 0. The molecule has 0 radical (unpaired) electrons. The van der Waals surface area contributed by atoms with Crippen LogP contribution in [0.25, 0.3) is 32.7 Å². The van der Waals surface area contributed by atoms with E-state index in [0.717, 1.165) is 10.8 Å². The number of aliphatic hydroxyl groups is 1. The second kappa shape index (κ2) is 12.7. The van der Waals surface area contributed by atoms with Crippen LogP contribution in [-0.4, -0.2) is 72.5 Å². The van der Waals surface area contributed by atoms with Gasteiger partial charge in [-0.25, -0.2) is 4.99 Å². The van der Waals surface area contributed by atoms with Crippen LogP contribution in [0.2, 0.25) is 0 Å². The molecule has 0 amide bonds. The van der Waals surface area contributed by atoms with Gasteiger partial charge in [-0.2, -0.15) is 0 Å². The average molecular weight is 707 g/mol. The topological polar surface area (TPSA) is 191 Å². The highest BCUT2D eigenvalue weighted by Gasteiger charge is 2.43. The fourth-order valence-corrected chi connectivity index (χ4v) is 6.78. The summed E-state index contributed by atoms with van der Waals surface area (Å²) in [7, 11) is 0. The summed E-state index contributed by atoms with van der Waals surface area (Å²) in [5, 5.41) is 25.4. The SMILES string of the molecule is CC(=O)OCC1(COC(C)=O)N=c2/c(=C3/C(=O)C(c4ccc5cccc6c5c4NC(COC(C)=O)(COC(C)=O)N6)=C3O)ccc3cccc(c23)N1. The molecule has 7 rings (SSSR count). The molecular formula is C38H34N4O10. The zero-order valence-electron chi connectivity index (χ0n) is 28.7. The van der Waals surface area contributed by atoms with Gasteiger partial charge >= 0.3 is 23.9 Å². The second-order valence-electron chi connectivity index (χ2n) is 12.9. The van der Waals surface area contributed by atoms with Gasteiger partial charge in [-0.05, 0) is 22.9 Å². The minimum absolute atomic E-state index is 0.0156. The number of hydrogen-bond acceptors (Lipinski definition) is 14. The van der Waals surface area contributed by atoms with Crippen molar-refractivity contribution in [3.8, 4) is 0 Å². The van der Waals surface area contributed by atoms with Gasteiger partial charge in [0.2, 0.25) is 5.78 Å². The van der Waals surface area contributed by atoms with Gasteiger partial charge in [0.15, 0.2) is 11.3 Å². The van der Waals surface area contributed by atoms with Crippen molar-refractivity contribution in [3.05, 3.63) is 82.6 Å². The normalized spacial score (nSPS) is 17.1. The number of carbonyl (C=O) groups excluding carboxylic acids is 5. The number of nitrogens with one attached hydrogen (secondary N) is 3. The van der Waals surface area contributed by atoms with Crippen LogP contribution in [0.3, 0.4) is 0 Å². The van der Waals surface area contributed by atoms with Crippen molar-refractivity contribution in [3.63, 3.8) is 0 Å². The molecule has 266 valence electrons. The fraction of sp³-hybridized carbons (Fsp3) is 0.263. The highest BCUT2D eigenvalue weighted by atomic mass is 16.6. The van der Waals surface area contributed by atoms with Gasteiger partial charge in [0.25, 0.3) is 0 Å². The summed E-state index contributed by atoms with van der Waals surface area (Å²) in [6.45, 7) is 3.96. The van der Waals surface area contributed by atoms with Crippen LogP contribution >= 0.6 is 0 Å². The van der Waals surface area contributed by atoms with Crippen molar-refractivity contribution in [2.45, 2.75) is 39.0 Å². The number of anilines is 3. The molecule has 0 bridgehead atoms. The highest BCUT2D eigenvalue weighted by Crippen LogP contribution is 2.46. The number of allylic oxidation sites excluding steroid dienone is 2. The van der Waals surface area contributed by atoms with E-state index in [1.807, 2.05) is 42.5 Å². The predicted octanol–water partition coefficient (Wildman–Crippen LogP) is 3.22. The van der Waals surface area contributed by atoms with Crippen molar-refractivity contribution in [1.29, 1.82) is 0 Å². The first-order valence-electron chi connectivity index (χ1n) is 16.4. The minimum Gasteiger partial charge on any atom is -0.506 e. The summed E-state index contributed by atoms with van der Waals surface area (Å²) in [4.78, 5) is 66.8. The number of benzene rings is 4. The molecule has 4 N–H and O–H groups in total. The van der Waals surface area contributed by atoms with Crippen molar-refractivity contribution < 1.29 is 48.0 Å². The van der Waals surface area contributed by atoms with Gasteiger partial charge < -0.3 is 40.0 Å². The molecule has 1 aliphatic carbocycles. The molecule has 14 nitrogen and oxygen atoms in total. The third-order valence-electron chi connectivity index (χ3n) is 9.03. The summed E-state index contributed by atoms with van der Waals surface area (Å²) in [6.07, 6.45) is 0. The lowest BCUT2D eigenvalue weighted by atomic mass is 9.80. The van der Waals surface area contributed by atoms with Gasteiger partial charge in [0.05, 0.1) is 22.2 Å². The number of rotatable bonds is 9. The first-order chi connectivity index (χ1) is 24.8. The first-order valence-corrected chi connectivity index (χ1v) is 16.4. The molecule has 0 atom stereocenters. The van der Waals surface area contributed by atoms with E-state index in [0.29, 0.717) is 44.0 Å². The maximum atomic E-state index is 14.3. The number of ketones is 1. The number of esters is 4. The Labute approximate surface area is 296 Å². The molecule has 3 aliphatic rings. The average Bonchev–Trinajstić information content (AvgIpc) is 3.10. The van der Waals surface area contributed by atoms with E-state index >= 15 is 0 Å². The Morgan fingerprint density at radius 2 is 1.19 bits per heavy atom. The van der Waals surface area contributed by atoms with Gasteiger partial charge in [0.1, 0.15) is 32.2 Å². The van der Waals surface area contributed by atoms with E-state index in [1.165, 1.54) is 27.7 Å². The molecule has 4 aromatic rings. The lowest BCUT2D eigenvalue weighted by molar-refractivity contribution is -0.148. The Bertz CT molecular complexity index is 2380. The molecule has 4 aromatic carbocycles. The zero-order chi connectivity index (χ0) is 36.9. The number of carbonyl (C=O) groups is 5. The molecule has 0 aromatic heterocycles. The molecule has 0 unspecified atom stereocenters. The lowest BCUT2D eigenvalue weighted by Gasteiger charge is -2.41. The summed E-state index contributed by atoms with van der Waals surface area (Å²) in [6, 6.07) is 18.1. The Morgan fingerprint density at radius 3 is 1.77 bits per heavy atom. The van der Waals surface area contributed by atoms with Crippen LogP contribution in [-0.2, 0) is 42.9 Å². The predicted molar refractivity (Wildman–Crippen MR) is 190 cm³/mol. The number of Topliss-reactive ketones (excluding diaryl/α,β-unsaturated/α-hetero) is 1. The van der Waals surface area contributed by atoms with E-state index in [9.17, 15) is 29.1 Å². The van der Waals surface area contributed by atoms with Gasteiger partial charge in [0, 0.05) is 60.6 Å². The fourth-order valence-electron chi connectivity index (χ4n) is 6.78. The van der Waals surface area contributed by atoms with Crippen LogP contribution in [0, 0.1) is 0 Å². The van der Waals surface area contributed by atoms with Crippen LogP contribution in [0.5, 0.6) is 0 Å². The first kappa shape index (κ1) is 34.0. The molecule has 0 fully saturated rings. The maximum Gasteiger partial charge on any atom is 0.302 e. The molecule has 0 spiro atoms. The summed E-state index contributed by atoms with van der Waals surface area (Å²) in [5.74, 6) is -2.99. The largest absolute Gasteiger partial charge is 0.506 e. The minimum atomic E-state index is -1.44. The van der Waals surface area contributed by atoms with Crippen LogP contribution in [0.15, 0.2) is 71.4 Å². The van der Waals surface area contributed by atoms with Crippen molar-refractivity contribution in [1.82, 2.24) is 0 Å². The molecule has 0 saturated heterocycles. The maximum absolute atomic E-state index is 14.3. The number of aliphatic hydroxyl groups excluding tert-OH is 1. The van der Waals surface area contributed by atoms with Gasteiger partial charge in [-0.15, -0.1) is 0 Å². The van der Waals surface area contributed by atoms with E-state index in [-0.39, 0.29) is 43.3 Å². The number of hydrogen-bond donors (Lipinski definition) is 4. The standard InChI is InChI=1S/C38H34N4O10/c1-19(43)49-15-37(16-50-20(2)44)39-27-9-5-7-23-11-13-25(33(41-37)29(23)27)31-35(47)32(36(31)48)26-14-12-24-8-6-10-28-30(24)34(26)42-38(40-28,17-51-21(3)45)18-52-22(4)46/h5-14,39-41,47H,15-18H2,1-4H3/b32-26+. The summed E-state index contributed by atoms with van der Waals surface area (Å²) < 4.78 is 21.5. The lowest BCUT2D eigenvalue weighted by Crippen LogP contribution is -2.56. The second-order valence-corrected chi connectivity index (χ2v) is 12.9. The zero-order valence-corrected chi connectivity index (χ0v) is 28.7. The number of nitrogens with zero attached hydrogens (tertiary/aromatic N) is 1. The Morgan fingerprint density at radius 1 is 0.654 bits per heavy atom. The molecule has 2 heterocycles. The van der Waals surface area contributed by atoms with E-state index in [4.69, 9.17) is 23.9 Å². The molecule has 14 heteroatoms. The van der Waals surface area contributed by atoms with E-state index in [2.05, 4.69) is 16.0 Å². The van der Waals surface area contributed by atoms with Gasteiger partial charge in [-0.3, -0.25) is 24.0 Å². The van der Waals surface area contributed by atoms with Crippen molar-refractivity contribution in [2.24, 2.45) is 4.99 Å². The number of ether oxygens (including phenoxy) is 4. The molecule has 0 saturated carbocycles. The quantitative estimate of drug-likeness (QED) is 0.147. The van der Waals surface area contributed by atoms with E-state index in [1.54, 1.807) is 18.2 Å². The summed E-state index contributed by atoms with van der Waals surface area (Å²) in [5.41, 5.74) is -0.658. The smallest absolute Gasteiger partial charge is 0.302 e. The van der Waals surface area contributed by atoms with Crippen LogP contribution in [0.4, 0.5) is 17.1 Å². The third kappa shape index (κ3) is 5.91. The van der Waals surface area contributed by atoms with E-state index < -0.39 is 41.0 Å². The van der Waals surface area contributed by atoms with Crippen molar-refractivity contribution >= 4 is 79.4 Å². The Balaban J connectivity index is 1.43. The van der Waals surface area contributed by atoms with Crippen molar-refractivity contribution in [2.75, 3.05) is 42.4 Å². The van der Waals surface area contributed by atoms with Gasteiger partial charge in [-0.1, -0.05) is 48.5 Å².